The van der Waals surface area contributed by atoms with Gasteiger partial charge in [-0.2, -0.15) is 0 Å². The van der Waals surface area contributed by atoms with E-state index in [0.717, 1.165) is 20.0 Å². The van der Waals surface area contributed by atoms with Crippen LogP contribution in [-0.2, 0) is 0 Å². The Morgan fingerprint density at radius 1 is 0.581 bits per heavy atom. The quantitative estimate of drug-likeness (QED) is 0.230. The van der Waals surface area contributed by atoms with Crippen molar-refractivity contribution in [2.75, 3.05) is 0 Å². The monoisotopic (exact) mass is 528 g/mol. The number of H-pyrrole nitrogens is 2. The van der Waals surface area contributed by atoms with Crippen LogP contribution in [0.4, 0.5) is 0 Å². The largest absolute Gasteiger partial charge is 0.361 e. The smallest absolute Gasteiger partial charge is 0.0457 e. The van der Waals surface area contributed by atoms with Gasteiger partial charge in [0.2, 0.25) is 0 Å². The van der Waals surface area contributed by atoms with Crippen molar-refractivity contribution >= 4 is 64.4 Å². The highest BCUT2D eigenvalue weighted by atomic mass is 79.9. The van der Waals surface area contributed by atoms with Crippen molar-refractivity contribution < 1.29 is 0 Å². The first-order valence-corrected chi connectivity index (χ1v) is 11.8. The molecule has 4 heteroatoms. The second kappa shape index (κ2) is 7.40. The minimum Gasteiger partial charge on any atom is -0.361 e. The Hall–Kier alpha value is -2.82. The number of halogens is 2. The van der Waals surface area contributed by atoms with Gasteiger partial charge in [0.1, 0.15) is 0 Å². The molecule has 0 unspecified atom stereocenters. The Bertz CT molecular complexity index is 1490. The average Bonchev–Trinajstić information content (AvgIpc) is 3.38. The molecule has 31 heavy (non-hydrogen) atoms. The number of aromatic amines is 2. The van der Waals surface area contributed by atoms with E-state index in [2.05, 4.69) is 133 Å². The SMILES string of the molecule is Brc1ccc2[nH]cc(C(c3ccc4ccccc4c3)c3c[nH]c4ccc(Br)cc34)c2c1. The molecule has 0 bridgehead atoms. The molecule has 0 saturated carbocycles. The predicted octanol–water partition coefficient (Wildman–Crippen LogP) is 8.51. The highest BCUT2D eigenvalue weighted by molar-refractivity contribution is 9.10. The number of nitrogens with one attached hydrogen (secondary N) is 2. The Morgan fingerprint density at radius 2 is 1.16 bits per heavy atom. The molecule has 2 aromatic heterocycles. The van der Waals surface area contributed by atoms with E-state index in [0.29, 0.717) is 0 Å². The molecule has 150 valence electrons. The van der Waals surface area contributed by atoms with E-state index in [-0.39, 0.29) is 5.92 Å². The summed E-state index contributed by atoms with van der Waals surface area (Å²) >= 11 is 7.32. The van der Waals surface area contributed by atoms with Gasteiger partial charge < -0.3 is 9.97 Å². The van der Waals surface area contributed by atoms with Crippen LogP contribution in [0, 0.1) is 0 Å². The highest BCUT2D eigenvalue weighted by Crippen LogP contribution is 2.41. The molecule has 0 spiro atoms. The molecule has 0 atom stereocenters. The number of hydrogen-bond acceptors (Lipinski definition) is 0. The summed E-state index contributed by atoms with van der Waals surface area (Å²) in [7, 11) is 0. The van der Waals surface area contributed by atoms with Crippen molar-refractivity contribution in [3.8, 4) is 0 Å². The van der Waals surface area contributed by atoms with E-state index in [9.17, 15) is 0 Å². The zero-order valence-corrected chi connectivity index (χ0v) is 19.7. The Morgan fingerprint density at radius 3 is 1.77 bits per heavy atom. The minimum absolute atomic E-state index is 0.0932. The molecule has 0 amide bonds. The molecule has 0 aliphatic rings. The standard InChI is InChI=1S/C27H18Br2N2/c28-19-7-9-25-21(12-19)23(14-30-25)27(18-6-5-16-3-1-2-4-17(16)11-18)24-15-31-26-10-8-20(29)13-22(24)26/h1-15,27,30-31H. The van der Waals surface area contributed by atoms with Crippen molar-refractivity contribution in [1.82, 2.24) is 9.97 Å². The van der Waals surface area contributed by atoms with Crippen molar-refractivity contribution in [2.45, 2.75) is 5.92 Å². The summed E-state index contributed by atoms with van der Waals surface area (Å²) in [6, 6.07) is 28.2. The van der Waals surface area contributed by atoms with Crippen molar-refractivity contribution in [3.05, 3.63) is 117 Å². The summed E-state index contributed by atoms with van der Waals surface area (Å²) in [4.78, 5) is 6.97. The molecule has 0 saturated heterocycles. The molecule has 0 aliphatic heterocycles. The van der Waals surface area contributed by atoms with Crippen molar-refractivity contribution in [3.63, 3.8) is 0 Å². The second-order valence-electron chi connectivity index (χ2n) is 7.91. The summed E-state index contributed by atoms with van der Waals surface area (Å²) in [5, 5.41) is 4.98. The number of rotatable bonds is 3. The van der Waals surface area contributed by atoms with Gasteiger partial charge in [-0.05, 0) is 63.9 Å². The number of hydrogen-bond donors (Lipinski definition) is 2. The summed E-state index contributed by atoms with van der Waals surface area (Å²) in [5.74, 6) is 0.0932. The third-order valence-electron chi connectivity index (χ3n) is 6.08. The van der Waals surface area contributed by atoms with Gasteiger partial charge in [0, 0.05) is 49.1 Å². The van der Waals surface area contributed by atoms with Crippen LogP contribution in [0.25, 0.3) is 32.6 Å². The van der Waals surface area contributed by atoms with Crippen molar-refractivity contribution in [1.29, 1.82) is 0 Å². The molecular formula is C27H18Br2N2. The van der Waals surface area contributed by atoms with Crippen LogP contribution in [0.15, 0.2) is 100 Å². The zero-order chi connectivity index (χ0) is 20.9. The third-order valence-corrected chi connectivity index (χ3v) is 7.07. The maximum Gasteiger partial charge on any atom is 0.0457 e. The van der Waals surface area contributed by atoms with Gasteiger partial charge in [-0.3, -0.25) is 0 Å². The van der Waals surface area contributed by atoms with Crippen LogP contribution in [0.3, 0.4) is 0 Å². The van der Waals surface area contributed by atoms with Crippen LogP contribution in [-0.4, -0.2) is 9.97 Å². The van der Waals surface area contributed by atoms with Gasteiger partial charge in [0.15, 0.2) is 0 Å². The molecule has 0 radical (unpaired) electrons. The molecule has 0 aliphatic carbocycles. The van der Waals surface area contributed by atoms with E-state index in [1.165, 1.54) is 38.2 Å². The number of aromatic nitrogens is 2. The van der Waals surface area contributed by atoms with Gasteiger partial charge in [0.25, 0.3) is 0 Å². The highest BCUT2D eigenvalue weighted by Gasteiger charge is 2.23. The molecule has 2 nitrogen and oxygen atoms in total. The van der Waals surface area contributed by atoms with E-state index < -0.39 is 0 Å². The summed E-state index contributed by atoms with van der Waals surface area (Å²) in [6.07, 6.45) is 4.32. The maximum atomic E-state index is 3.66. The minimum atomic E-state index is 0.0932. The third kappa shape index (κ3) is 3.22. The van der Waals surface area contributed by atoms with Crippen LogP contribution >= 0.6 is 31.9 Å². The summed E-state index contributed by atoms with van der Waals surface area (Å²) < 4.78 is 2.17. The normalized spacial score (nSPS) is 11.8. The molecule has 2 N–H and O–H groups in total. The lowest BCUT2D eigenvalue weighted by atomic mass is 9.84. The van der Waals surface area contributed by atoms with Crippen LogP contribution in [0.2, 0.25) is 0 Å². The molecule has 4 aromatic carbocycles. The van der Waals surface area contributed by atoms with Crippen molar-refractivity contribution in [2.24, 2.45) is 0 Å². The second-order valence-corrected chi connectivity index (χ2v) is 9.74. The van der Waals surface area contributed by atoms with E-state index >= 15 is 0 Å². The summed E-state index contributed by atoms with van der Waals surface area (Å²) in [5.41, 5.74) is 6.11. The lowest BCUT2D eigenvalue weighted by Gasteiger charge is -2.18. The van der Waals surface area contributed by atoms with Gasteiger partial charge in [-0.25, -0.2) is 0 Å². The molecule has 6 rings (SSSR count). The van der Waals surface area contributed by atoms with Gasteiger partial charge in [-0.1, -0.05) is 74.3 Å². The predicted molar refractivity (Wildman–Crippen MR) is 137 cm³/mol. The zero-order valence-electron chi connectivity index (χ0n) is 16.5. The van der Waals surface area contributed by atoms with Crippen LogP contribution in [0.1, 0.15) is 22.6 Å². The number of fused-ring (bicyclic) bond motifs is 3. The molecule has 6 aromatic rings. The Labute approximate surface area is 196 Å². The van der Waals surface area contributed by atoms with Gasteiger partial charge in [-0.15, -0.1) is 0 Å². The first kappa shape index (κ1) is 18.9. The molecule has 2 heterocycles. The fraction of sp³-hybridized carbons (Fsp3) is 0.0370. The Kier molecular flexibility index (Phi) is 4.51. The number of benzene rings is 4. The van der Waals surface area contributed by atoms with Crippen LogP contribution < -0.4 is 0 Å². The fourth-order valence-electron chi connectivity index (χ4n) is 4.62. The van der Waals surface area contributed by atoms with Gasteiger partial charge in [0.05, 0.1) is 0 Å². The summed E-state index contributed by atoms with van der Waals surface area (Å²) in [6.45, 7) is 0. The lowest BCUT2D eigenvalue weighted by molar-refractivity contribution is 1.00. The van der Waals surface area contributed by atoms with E-state index in [4.69, 9.17) is 0 Å². The fourth-order valence-corrected chi connectivity index (χ4v) is 5.34. The van der Waals surface area contributed by atoms with Crippen LogP contribution in [0.5, 0.6) is 0 Å². The first-order valence-electron chi connectivity index (χ1n) is 10.2. The Balaban J connectivity index is 1.66. The van der Waals surface area contributed by atoms with E-state index in [1.807, 2.05) is 0 Å². The van der Waals surface area contributed by atoms with E-state index in [1.54, 1.807) is 0 Å². The average molecular weight is 530 g/mol. The molecular weight excluding hydrogens is 512 g/mol. The van der Waals surface area contributed by atoms with Gasteiger partial charge >= 0.3 is 0 Å². The molecule has 0 fully saturated rings. The maximum absolute atomic E-state index is 3.66. The lowest BCUT2D eigenvalue weighted by Crippen LogP contribution is -2.02. The first-order chi connectivity index (χ1) is 15.2. The topological polar surface area (TPSA) is 31.6 Å².